The van der Waals surface area contributed by atoms with Crippen LogP contribution in [0.2, 0.25) is 0 Å². The van der Waals surface area contributed by atoms with Gasteiger partial charge in [0.1, 0.15) is 6.33 Å². The molecule has 0 spiro atoms. The highest BCUT2D eigenvalue weighted by Gasteiger charge is 2.19. The molecular formula is C16H17N5OS. The van der Waals surface area contributed by atoms with E-state index >= 15 is 0 Å². The molecule has 3 aromatic rings. The highest BCUT2D eigenvalue weighted by atomic mass is 32.1. The molecule has 0 N–H and O–H groups in total. The summed E-state index contributed by atoms with van der Waals surface area (Å²) in [5.74, 6) is 0.623. The molecule has 1 aliphatic rings. The number of hydrogen-bond acceptors (Lipinski definition) is 7. The van der Waals surface area contributed by atoms with E-state index in [9.17, 15) is 0 Å². The molecule has 1 aliphatic heterocycles. The van der Waals surface area contributed by atoms with Crippen LogP contribution in [0.15, 0.2) is 36.1 Å². The van der Waals surface area contributed by atoms with Crippen LogP contribution in [0.4, 0.5) is 10.8 Å². The van der Waals surface area contributed by atoms with Gasteiger partial charge in [-0.25, -0.2) is 15.0 Å². The van der Waals surface area contributed by atoms with E-state index in [1.165, 1.54) is 12.0 Å². The van der Waals surface area contributed by atoms with Crippen molar-refractivity contribution < 1.29 is 4.74 Å². The van der Waals surface area contributed by atoms with Crippen molar-refractivity contribution in [3.05, 3.63) is 36.1 Å². The molecule has 0 amide bonds. The van der Waals surface area contributed by atoms with Gasteiger partial charge in [-0.05, 0) is 18.2 Å². The minimum absolute atomic E-state index is 0.623. The summed E-state index contributed by atoms with van der Waals surface area (Å²) in [5.41, 5.74) is 2.09. The SMILES string of the molecule is COc1ncnc2ccc(N3CCN(c4nccs4)CC3)cc12. The Balaban J connectivity index is 1.56. The fraction of sp³-hybridized carbons (Fsp3) is 0.312. The summed E-state index contributed by atoms with van der Waals surface area (Å²) in [6, 6.07) is 6.27. The number of rotatable bonds is 3. The molecule has 6 nitrogen and oxygen atoms in total. The van der Waals surface area contributed by atoms with Gasteiger partial charge in [0, 0.05) is 43.4 Å². The minimum atomic E-state index is 0.623. The lowest BCUT2D eigenvalue weighted by atomic mass is 10.2. The van der Waals surface area contributed by atoms with Gasteiger partial charge < -0.3 is 14.5 Å². The van der Waals surface area contributed by atoms with Gasteiger partial charge in [0.15, 0.2) is 5.13 Å². The predicted octanol–water partition coefficient (Wildman–Crippen LogP) is 2.42. The van der Waals surface area contributed by atoms with E-state index < -0.39 is 0 Å². The van der Waals surface area contributed by atoms with Crippen molar-refractivity contribution in [2.24, 2.45) is 0 Å². The highest BCUT2D eigenvalue weighted by Crippen LogP contribution is 2.28. The van der Waals surface area contributed by atoms with Gasteiger partial charge in [-0.3, -0.25) is 0 Å². The van der Waals surface area contributed by atoms with Gasteiger partial charge in [0.2, 0.25) is 5.88 Å². The number of fused-ring (bicyclic) bond motifs is 1. The number of nitrogens with zero attached hydrogens (tertiary/aromatic N) is 5. The molecule has 1 saturated heterocycles. The van der Waals surface area contributed by atoms with Crippen molar-refractivity contribution in [2.75, 3.05) is 43.1 Å². The molecule has 23 heavy (non-hydrogen) atoms. The van der Waals surface area contributed by atoms with Crippen molar-refractivity contribution in [1.82, 2.24) is 15.0 Å². The van der Waals surface area contributed by atoms with Crippen LogP contribution < -0.4 is 14.5 Å². The van der Waals surface area contributed by atoms with Gasteiger partial charge in [-0.1, -0.05) is 0 Å². The third-order valence-electron chi connectivity index (χ3n) is 4.11. The zero-order valence-corrected chi connectivity index (χ0v) is 13.7. The summed E-state index contributed by atoms with van der Waals surface area (Å²) in [6.45, 7) is 3.91. The topological polar surface area (TPSA) is 54.4 Å². The van der Waals surface area contributed by atoms with E-state index in [4.69, 9.17) is 4.74 Å². The Morgan fingerprint density at radius 1 is 1.04 bits per heavy atom. The number of benzene rings is 1. The quantitative estimate of drug-likeness (QED) is 0.736. The van der Waals surface area contributed by atoms with Gasteiger partial charge in [0.05, 0.1) is 18.0 Å². The van der Waals surface area contributed by atoms with E-state index in [1.54, 1.807) is 18.4 Å². The molecule has 0 atom stereocenters. The van der Waals surface area contributed by atoms with E-state index in [2.05, 4.69) is 36.9 Å². The lowest BCUT2D eigenvalue weighted by molar-refractivity contribution is 0.402. The fourth-order valence-electron chi connectivity index (χ4n) is 2.91. The molecule has 4 rings (SSSR count). The number of thiazole rings is 1. The molecule has 0 aliphatic carbocycles. The smallest absolute Gasteiger partial charge is 0.224 e. The molecular weight excluding hydrogens is 310 g/mol. The summed E-state index contributed by atoms with van der Waals surface area (Å²) >= 11 is 1.70. The summed E-state index contributed by atoms with van der Waals surface area (Å²) in [7, 11) is 1.64. The molecule has 0 bridgehead atoms. The van der Waals surface area contributed by atoms with Crippen LogP contribution in [0.3, 0.4) is 0 Å². The maximum absolute atomic E-state index is 5.35. The van der Waals surface area contributed by atoms with E-state index in [1.807, 2.05) is 17.6 Å². The highest BCUT2D eigenvalue weighted by molar-refractivity contribution is 7.13. The average Bonchev–Trinajstić information content (AvgIpc) is 3.15. The van der Waals surface area contributed by atoms with Crippen molar-refractivity contribution in [3.8, 4) is 5.88 Å². The molecule has 118 valence electrons. The molecule has 7 heteroatoms. The van der Waals surface area contributed by atoms with Crippen LogP contribution in [0.1, 0.15) is 0 Å². The molecule has 0 radical (unpaired) electrons. The van der Waals surface area contributed by atoms with Crippen LogP contribution in [0, 0.1) is 0 Å². The maximum atomic E-state index is 5.35. The Hall–Kier alpha value is -2.41. The zero-order chi connectivity index (χ0) is 15.6. The van der Waals surface area contributed by atoms with Crippen molar-refractivity contribution in [2.45, 2.75) is 0 Å². The predicted molar refractivity (Wildman–Crippen MR) is 92.6 cm³/mol. The third-order valence-corrected chi connectivity index (χ3v) is 4.94. The average molecular weight is 327 g/mol. The third kappa shape index (κ3) is 2.68. The van der Waals surface area contributed by atoms with Gasteiger partial charge >= 0.3 is 0 Å². The normalized spacial score (nSPS) is 15.2. The summed E-state index contributed by atoms with van der Waals surface area (Å²) in [4.78, 5) is 17.6. The Bertz CT molecular complexity index is 799. The Kier molecular flexibility index (Phi) is 3.70. The van der Waals surface area contributed by atoms with Crippen LogP contribution in [0.25, 0.3) is 10.9 Å². The number of piperazine rings is 1. The van der Waals surface area contributed by atoms with Crippen LogP contribution in [-0.4, -0.2) is 48.2 Å². The number of aromatic nitrogens is 3. The first-order chi connectivity index (χ1) is 11.3. The van der Waals surface area contributed by atoms with E-state index in [0.29, 0.717) is 5.88 Å². The zero-order valence-electron chi connectivity index (χ0n) is 12.8. The Labute approximate surface area is 138 Å². The molecule has 0 saturated carbocycles. The minimum Gasteiger partial charge on any atom is -0.480 e. The lowest BCUT2D eigenvalue weighted by Gasteiger charge is -2.36. The molecule has 1 aromatic carbocycles. The number of methoxy groups -OCH3 is 1. The summed E-state index contributed by atoms with van der Waals surface area (Å²) in [6.07, 6.45) is 3.40. The van der Waals surface area contributed by atoms with Crippen LogP contribution >= 0.6 is 11.3 Å². The fourth-order valence-corrected chi connectivity index (χ4v) is 3.61. The molecule has 0 unspecified atom stereocenters. The standard InChI is InChI=1S/C16H17N5OS/c1-22-15-13-10-12(2-3-14(13)18-11-19-15)20-5-7-21(8-6-20)16-17-4-9-23-16/h2-4,9-11H,5-8H2,1H3. The summed E-state index contributed by atoms with van der Waals surface area (Å²) < 4.78 is 5.35. The van der Waals surface area contributed by atoms with Gasteiger partial charge in [0.25, 0.3) is 0 Å². The summed E-state index contributed by atoms with van der Waals surface area (Å²) in [5, 5.41) is 4.09. The second-order valence-electron chi connectivity index (χ2n) is 5.37. The Morgan fingerprint density at radius 3 is 2.61 bits per heavy atom. The first kappa shape index (κ1) is 14.2. The first-order valence-electron chi connectivity index (χ1n) is 7.53. The lowest BCUT2D eigenvalue weighted by Crippen LogP contribution is -2.46. The molecule has 2 aromatic heterocycles. The second kappa shape index (κ2) is 6.00. The van der Waals surface area contributed by atoms with E-state index in [-0.39, 0.29) is 0 Å². The second-order valence-corrected chi connectivity index (χ2v) is 6.25. The number of anilines is 2. The van der Waals surface area contributed by atoms with Crippen molar-refractivity contribution in [3.63, 3.8) is 0 Å². The van der Waals surface area contributed by atoms with Gasteiger partial charge in [-0.15, -0.1) is 11.3 Å². The first-order valence-corrected chi connectivity index (χ1v) is 8.41. The van der Waals surface area contributed by atoms with Crippen molar-refractivity contribution in [1.29, 1.82) is 0 Å². The Morgan fingerprint density at radius 2 is 1.87 bits per heavy atom. The monoisotopic (exact) mass is 327 g/mol. The van der Waals surface area contributed by atoms with Crippen LogP contribution in [0.5, 0.6) is 5.88 Å². The molecule has 3 heterocycles. The molecule has 1 fully saturated rings. The number of ether oxygens (including phenoxy) is 1. The number of hydrogen-bond donors (Lipinski definition) is 0. The largest absolute Gasteiger partial charge is 0.480 e. The maximum Gasteiger partial charge on any atom is 0.224 e. The van der Waals surface area contributed by atoms with E-state index in [0.717, 1.165) is 42.2 Å². The van der Waals surface area contributed by atoms with Gasteiger partial charge in [-0.2, -0.15) is 0 Å². The van der Waals surface area contributed by atoms with Crippen molar-refractivity contribution >= 4 is 33.1 Å². The van der Waals surface area contributed by atoms with Crippen LogP contribution in [-0.2, 0) is 0 Å².